The Labute approximate surface area is 179 Å². The number of nitrogens with one attached hydrogen (secondary N) is 1. The molecule has 0 aliphatic heterocycles. The van der Waals surface area contributed by atoms with E-state index in [4.69, 9.17) is 10.8 Å². The number of para-hydroxylation sites is 1. The van der Waals surface area contributed by atoms with Crippen molar-refractivity contribution in [2.45, 2.75) is 13.0 Å². The largest absolute Gasteiger partial charge is 0.481 e. The third-order valence-electron chi connectivity index (χ3n) is 5.05. The maximum absolute atomic E-state index is 13.1. The van der Waals surface area contributed by atoms with Gasteiger partial charge >= 0.3 is 5.97 Å². The van der Waals surface area contributed by atoms with Crippen molar-refractivity contribution in [1.29, 1.82) is 0 Å². The number of carbonyl (C=O) groups excluding carboxylic acids is 1. The molecule has 4 rings (SSSR count). The Morgan fingerprint density at radius 3 is 2.61 bits per heavy atom. The highest BCUT2D eigenvalue weighted by molar-refractivity contribution is 6.09. The normalized spacial score (nSPS) is 10.7. The van der Waals surface area contributed by atoms with Crippen molar-refractivity contribution in [3.05, 3.63) is 95.7 Å². The summed E-state index contributed by atoms with van der Waals surface area (Å²) in [6.07, 6.45) is 1.55. The Bertz CT molecular complexity index is 1280. The minimum atomic E-state index is -0.958. The number of aromatic nitrogens is 1. The number of hydrogen-bond donors (Lipinski definition) is 3. The van der Waals surface area contributed by atoms with Gasteiger partial charge in [-0.1, -0.05) is 42.5 Å². The number of aliphatic carboxylic acids is 1. The average molecular weight is 411 g/mol. The molecule has 1 heterocycles. The lowest BCUT2D eigenvalue weighted by Crippen LogP contribution is -2.14. The van der Waals surface area contributed by atoms with Crippen LogP contribution in [0, 0.1) is 0 Å². The molecule has 6 nitrogen and oxygen atoms in total. The number of anilines is 1. The minimum Gasteiger partial charge on any atom is -0.481 e. The van der Waals surface area contributed by atoms with Crippen LogP contribution in [0.3, 0.4) is 0 Å². The van der Waals surface area contributed by atoms with Gasteiger partial charge in [-0.15, -0.1) is 0 Å². The van der Waals surface area contributed by atoms with E-state index in [2.05, 4.69) is 10.3 Å². The number of nitrogens with zero attached hydrogens (tertiary/aromatic N) is 1. The summed E-state index contributed by atoms with van der Waals surface area (Å²) < 4.78 is 0. The molecule has 0 radical (unpaired) electrons. The van der Waals surface area contributed by atoms with Crippen molar-refractivity contribution in [1.82, 2.24) is 4.98 Å². The van der Waals surface area contributed by atoms with Gasteiger partial charge in [0.05, 0.1) is 11.9 Å². The van der Waals surface area contributed by atoms with Gasteiger partial charge in [-0.2, -0.15) is 0 Å². The molecule has 0 aliphatic carbocycles. The first-order chi connectivity index (χ1) is 15.0. The van der Waals surface area contributed by atoms with Crippen molar-refractivity contribution in [3.8, 4) is 11.1 Å². The summed E-state index contributed by atoms with van der Waals surface area (Å²) in [5.74, 6) is -1.28. The van der Waals surface area contributed by atoms with Gasteiger partial charge in [-0.3, -0.25) is 14.6 Å². The minimum absolute atomic E-state index is 0.171. The molecule has 0 atom stereocenters. The number of rotatable bonds is 6. The topological polar surface area (TPSA) is 105 Å². The zero-order valence-corrected chi connectivity index (χ0v) is 16.7. The predicted molar refractivity (Wildman–Crippen MR) is 121 cm³/mol. The molecule has 154 valence electrons. The van der Waals surface area contributed by atoms with Crippen molar-refractivity contribution < 1.29 is 14.7 Å². The summed E-state index contributed by atoms with van der Waals surface area (Å²) in [7, 11) is 0. The Morgan fingerprint density at radius 1 is 0.968 bits per heavy atom. The maximum atomic E-state index is 13.1. The highest BCUT2D eigenvalue weighted by Crippen LogP contribution is 2.30. The second kappa shape index (κ2) is 8.77. The molecule has 31 heavy (non-hydrogen) atoms. The number of carboxylic acid groups (broad SMARTS) is 1. The van der Waals surface area contributed by atoms with Crippen LogP contribution >= 0.6 is 0 Å². The summed E-state index contributed by atoms with van der Waals surface area (Å²) in [6.45, 7) is 0.416. The first kappa shape index (κ1) is 20.3. The Balaban J connectivity index is 1.77. The quantitative estimate of drug-likeness (QED) is 0.440. The van der Waals surface area contributed by atoms with Crippen LogP contribution in [-0.2, 0) is 17.8 Å². The number of fused-ring (bicyclic) bond motifs is 1. The van der Waals surface area contributed by atoms with Crippen LogP contribution in [0.5, 0.6) is 0 Å². The van der Waals surface area contributed by atoms with Crippen LogP contribution in [0.2, 0.25) is 0 Å². The lowest BCUT2D eigenvalue weighted by Gasteiger charge is -2.13. The van der Waals surface area contributed by atoms with Gasteiger partial charge in [0.1, 0.15) is 0 Å². The summed E-state index contributed by atoms with van der Waals surface area (Å²) in [4.78, 5) is 28.8. The molecule has 0 saturated heterocycles. The summed E-state index contributed by atoms with van der Waals surface area (Å²) in [6, 6.07) is 22.1. The second-order valence-electron chi connectivity index (χ2n) is 7.19. The van der Waals surface area contributed by atoms with Crippen LogP contribution in [0.4, 0.5) is 5.69 Å². The van der Waals surface area contributed by atoms with Gasteiger partial charge in [-0.05, 0) is 47.0 Å². The molecule has 0 spiro atoms. The highest BCUT2D eigenvalue weighted by Gasteiger charge is 2.15. The fourth-order valence-corrected chi connectivity index (χ4v) is 3.56. The van der Waals surface area contributed by atoms with E-state index in [0.29, 0.717) is 23.4 Å². The van der Waals surface area contributed by atoms with E-state index in [9.17, 15) is 9.59 Å². The van der Waals surface area contributed by atoms with Crippen LogP contribution in [0.25, 0.3) is 22.0 Å². The van der Waals surface area contributed by atoms with E-state index in [1.807, 2.05) is 36.4 Å². The SMILES string of the molecule is NCc1cccc(-c2cc(C(=O)Nc3ccccc3CC(=O)O)cc3cccnc23)c1. The molecule has 1 amide bonds. The van der Waals surface area contributed by atoms with E-state index in [1.54, 1.807) is 42.6 Å². The highest BCUT2D eigenvalue weighted by atomic mass is 16.4. The molecule has 6 heteroatoms. The molecule has 0 bridgehead atoms. The third kappa shape index (κ3) is 4.44. The Hall–Kier alpha value is -4.03. The molecular weight excluding hydrogens is 390 g/mol. The van der Waals surface area contributed by atoms with Crippen molar-refractivity contribution in [3.63, 3.8) is 0 Å². The van der Waals surface area contributed by atoms with E-state index >= 15 is 0 Å². The van der Waals surface area contributed by atoms with Gasteiger partial charge in [0, 0.05) is 34.9 Å². The van der Waals surface area contributed by atoms with Crippen LogP contribution < -0.4 is 11.1 Å². The number of hydrogen-bond acceptors (Lipinski definition) is 4. The van der Waals surface area contributed by atoms with Crippen LogP contribution in [-0.4, -0.2) is 22.0 Å². The maximum Gasteiger partial charge on any atom is 0.307 e. The fourth-order valence-electron chi connectivity index (χ4n) is 3.56. The Kier molecular flexibility index (Phi) is 5.73. The van der Waals surface area contributed by atoms with Gasteiger partial charge in [0.25, 0.3) is 5.91 Å². The predicted octanol–water partition coefficient (Wildman–Crippen LogP) is 4.24. The lowest BCUT2D eigenvalue weighted by atomic mass is 9.97. The molecule has 0 aliphatic rings. The second-order valence-corrected chi connectivity index (χ2v) is 7.19. The summed E-state index contributed by atoms with van der Waals surface area (Å²) in [5.41, 5.74) is 10.8. The van der Waals surface area contributed by atoms with Crippen LogP contribution in [0.15, 0.2) is 79.0 Å². The zero-order valence-electron chi connectivity index (χ0n) is 16.7. The Morgan fingerprint density at radius 2 is 1.81 bits per heavy atom. The fraction of sp³-hybridized carbons (Fsp3) is 0.0800. The monoisotopic (exact) mass is 411 g/mol. The van der Waals surface area contributed by atoms with Gasteiger partial charge in [0.2, 0.25) is 0 Å². The summed E-state index contributed by atoms with van der Waals surface area (Å²) >= 11 is 0. The van der Waals surface area contributed by atoms with E-state index < -0.39 is 5.97 Å². The van der Waals surface area contributed by atoms with Crippen LogP contribution in [0.1, 0.15) is 21.5 Å². The lowest BCUT2D eigenvalue weighted by molar-refractivity contribution is -0.136. The molecular formula is C25H21N3O3. The molecule has 4 aromatic rings. The molecule has 1 aromatic heterocycles. The number of carbonyl (C=O) groups is 2. The van der Waals surface area contributed by atoms with Crippen molar-refractivity contribution in [2.75, 3.05) is 5.32 Å². The molecule has 0 fully saturated rings. The first-order valence-electron chi connectivity index (χ1n) is 9.84. The standard InChI is InChI=1S/C25H21N3O3/c26-15-16-5-3-7-17(11-16)21-13-20(12-19-8-4-10-27-24(19)21)25(31)28-22-9-2-1-6-18(22)14-23(29)30/h1-13H,14-15,26H2,(H,28,31)(H,29,30). The van der Waals surface area contributed by atoms with Gasteiger partial charge in [-0.25, -0.2) is 0 Å². The average Bonchev–Trinajstić information content (AvgIpc) is 2.79. The molecule has 3 aromatic carbocycles. The number of amides is 1. The molecule has 0 saturated carbocycles. The van der Waals surface area contributed by atoms with Gasteiger partial charge in [0.15, 0.2) is 0 Å². The summed E-state index contributed by atoms with van der Waals surface area (Å²) in [5, 5.41) is 12.8. The number of carboxylic acids is 1. The van der Waals surface area contributed by atoms with E-state index in [1.165, 1.54) is 0 Å². The van der Waals surface area contributed by atoms with E-state index in [0.717, 1.165) is 27.6 Å². The van der Waals surface area contributed by atoms with E-state index in [-0.39, 0.29) is 12.3 Å². The van der Waals surface area contributed by atoms with Gasteiger partial charge < -0.3 is 16.2 Å². The van der Waals surface area contributed by atoms with Crippen molar-refractivity contribution in [2.24, 2.45) is 5.73 Å². The number of nitrogens with two attached hydrogens (primary N) is 1. The van der Waals surface area contributed by atoms with Crippen molar-refractivity contribution >= 4 is 28.5 Å². The smallest absolute Gasteiger partial charge is 0.307 e. The number of pyridine rings is 1. The number of benzene rings is 3. The first-order valence-corrected chi connectivity index (χ1v) is 9.84. The zero-order chi connectivity index (χ0) is 21.8. The third-order valence-corrected chi connectivity index (χ3v) is 5.05. The molecule has 0 unspecified atom stereocenters. The molecule has 4 N–H and O–H groups in total.